The van der Waals surface area contributed by atoms with Gasteiger partial charge in [0.25, 0.3) is 0 Å². The van der Waals surface area contributed by atoms with E-state index in [0.717, 1.165) is 12.8 Å². The number of aryl methyl sites for hydroxylation is 2. The predicted molar refractivity (Wildman–Crippen MR) is 91.2 cm³/mol. The maximum Gasteiger partial charge on any atom is 0.233 e. The molecule has 1 N–H and O–H groups in total. The lowest BCUT2D eigenvalue weighted by molar-refractivity contribution is -0.120. The number of carbonyl (C=O) groups excluding carboxylic acids is 1. The van der Waals surface area contributed by atoms with Gasteiger partial charge in [0, 0.05) is 12.6 Å². The Morgan fingerprint density at radius 1 is 1.30 bits per heavy atom. The SMILES string of the molecule is CCn1nnnc1SC(C)C(=O)NC(C)CCc1ccccc1. The van der Waals surface area contributed by atoms with Gasteiger partial charge in [-0.3, -0.25) is 4.79 Å². The van der Waals surface area contributed by atoms with Crippen molar-refractivity contribution in [3.05, 3.63) is 35.9 Å². The summed E-state index contributed by atoms with van der Waals surface area (Å²) >= 11 is 1.38. The first-order valence-electron chi connectivity index (χ1n) is 7.87. The molecule has 1 heterocycles. The van der Waals surface area contributed by atoms with E-state index in [0.29, 0.717) is 11.7 Å². The van der Waals surface area contributed by atoms with Crippen LogP contribution in [0.25, 0.3) is 0 Å². The molecule has 2 atom stereocenters. The Labute approximate surface area is 141 Å². The minimum atomic E-state index is -0.231. The minimum absolute atomic E-state index is 0.0150. The summed E-state index contributed by atoms with van der Waals surface area (Å²) in [6, 6.07) is 10.4. The van der Waals surface area contributed by atoms with Gasteiger partial charge >= 0.3 is 0 Å². The Balaban J connectivity index is 1.78. The first-order chi connectivity index (χ1) is 11.1. The predicted octanol–water partition coefficient (Wildman–Crippen LogP) is 2.31. The highest BCUT2D eigenvalue weighted by Crippen LogP contribution is 2.20. The van der Waals surface area contributed by atoms with Gasteiger partial charge in [-0.2, -0.15) is 0 Å². The van der Waals surface area contributed by atoms with Crippen molar-refractivity contribution in [1.29, 1.82) is 0 Å². The summed E-state index contributed by atoms with van der Waals surface area (Å²) in [5.41, 5.74) is 1.29. The number of amides is 1. The maximum absolute atomic E-state index is 12.3. The van der Waals surface area contributed by atoms with E-state index in [1.807, 2.05) is 39.0 Å². The second-order valence-electron chi connectivity index (χ2n) is 5.47. The fourth-order valence-corrected chi connectivity index (χ4v) is 3.01. The van der Waals surface area contributed by atoms with Gasteiger partial charge in [-0.15, -0.1) is 5.10 Å². The molecule has 6 nitrogen and oxygen atoms in total. The summed E-state index contributed by atoms with van der Waals surface area (Å²) in [5, 5.41) is 15.0. The molecule has 0 radical (unpaired) electrons. The molecule has 124 valence electrons. The average molecular weight is 333 g/mol. The number of hydrogen-bond donors (Lipinski definition) is 1. The number of rotatable bonds is 8. The Bertz CT molecular complexity index is 616. The van der Waals surface area contributed by atoms with Gasteiger partial charge in [-0.05, 0) is 49.6 Å². The van der Waals surface area contributed by atoms with Crippen LogP contribution in [0.4, 0.5) is 0 Å². The Morgan fingerprint density at radius 3 is 2.74 bits per heavy atom. The lowest BCUT2D eigenvalue weighted by Crippen LogP contribution is -2.38. The Hall–Kier alpha value is -1.89. The molecule has 0 saturated heterocycles. The number of benzene rings is 1. The minimum Gasteiger partial charge on any atom is -0.353 e. The highest BCUT2D eigenvalue weighted by Gasteiger charge is 2.19. The first kappa shape index (κ1) is 17.5. The highest BCUT2D eigenvalue weighted by atomic mass is 32.2. The maximum atomic E-state index is 12.3. The molecule has 0 aliphatic rings. The Kier molecular flexibility index (Phi) is 6.58. The van der Waals surface area contributed by atoms with Crippen LogP contribution in [0.1, 0.15) is 32.8 Å². The van der Waals surface area contributed by atoms with E-state index < -0.39 is 0 Å². The molecule has 2 unspecified atom stereocenters. The molecule has 0 spiro atoms. The van der Waals surface area contributed by atoms with Gasteiger partial charge in [0.1, 0.15) is 0 Å². The van der Waals surface area contributed by atoms with Crippen LogP contribution >= 0.6 is 11.8 Å². The molecule has 1 aromatic carbocycles. The average Bonchev–Trinajstić information content (AvgIpc) is 3.01. The van der Waals surface area contributed by atoms with Crippen LogP contribution in [0.5, 0.6) is 0 Å². The van der Waals surface area contributed by atoms with Gasteiger partial charge in [0.15, 0.2) is 0 Å². The molecule has 23 heavy (non-hydrogen) atoms. The summed E-state index contributed by atoms with van der Waals surface area (Å²) in [7, 11) is 0. The summed E-state index contributed by atoms with van der Waals surface area (Å²) < 4.78 is 1.69. The van der Waals surface area contributed by atoms with Crippen LogP contribution in [0, 0.1) is 0 Å². The molecule has 0 bridgehead atoms. The van der Waals surface area contributed by atoms with Gasteiger partial charge in [-0.1, -0.05) is 42.1 Å². The van der Waals surface area contributed by atoms with E-state index in [-0.39, 0.29) is 17.2 Å². The standard InChI is InChI=1S/C16H23N5OS/c1-4-21-16(18-19-20-21)23-13(3)15(22)17-12(2)10-11-14-8-6-5-7-9-14/h5-9,12-13H,4,10-11H2,1-3H3,(H,17,22). The van der Waals surface area contributed by atoms with Crippen molar-refractivity contribution in [3.63, 3.8) is 0 Å². The van der Waals surface area contributed by atoms with Crippen molar-refractivity contribution in [2.75, 3.05) is 0 Å². The van der Waals surface area contributed by atoms with Crippen molar-refractivity contribution in [2.24, 2.45) is 0 Å². The fourth-order valence-electron chi connectivity index (χ4n) is 2.15. The molecule has 7 heteroatoms. The highest BCUT2D eigenvalue weighted by molar-refractivity contribution is 8.00. The molecule has 1 amide bonds. The number of nitrogens with one attached hydrogen (secondary N) is 1. The van der Waals surface area contributed by atoms with Crippen molar-refractivity contribution >= 4 is 17.7 Å². The molecule has 0 saturated carbocycles. The lowest BCUT2D eigenvalue weighted by atomic mass is 10.1. The fraction of sp³-hybridized carbons (Fsp3) is 0.500. The summed E-state index contributed by atoms with van der Waals surface area (Å²) in [4.78, 5) is 12.3. The molecular formula is C16H23N5OS. The molecule has 2 rings (SSSR count). The number of nitrogens with zero attached hydrogens (tertiary/aromatic N) is 4. The smallest absolute Gasteiger partial charge is 0.233 e. The topological polar surface area (TPSA) is 72.7 Å². The largest absolute Gasteiger partial charge is 0.353 e. The molecule has 1 aromatic heterocycles. The van der Waals surface area contributed by atoms with E-state index in [4.69, 9.17) is 0 Å². The lowest BCUT2D eigenvalue weighted by Gasteiger charge is -2.17. The third-order valence-electron chi connectivity index (χ3n) is 3.55. The van der Waals surface area contributed by atoms with Crippen LogP contribution in [0.15, 0.2) is 35.5 Å². The first-order valence-corrected chi connectivity index (χ1v) is 8.75. The third-order valence-corrected chi connectivity index (χ3v) is 4.62. The van der Waals surface area contributed by atoms with Gasteiger partial charge in [0.2, 0.25) is 11.1 Å². The quantitative estimate of drug-likeness (QED) is 0.751. The summed E-state index contributed by atoms with van der Waals surface area (Å²) in [6.07, 6.45) is 1.87. The van der Waals surface area contributed by atoms with E-state index in [1.54, 1.807) is 4.68 Å². The normalized spacial score (nSPS) is 13.5. The van der Waals surface area contributed by atoms with Crippen molar-refractivity contribution < 1.29 is 4.79 Å². The molecule has 2 aromatic rings. The second-order valence-corrected chi connectivity index (χ2v) is 6.78. The number of tetrazole rings is 1. The zero-order valence-corrected chi connectivity index (χ0v) is 14.6. The van der Waals surface area contributed by atoms with Crippen molar-refractivity contribution in [3.8, 4) is 0 Å². The summed E-state index contributed by atoms with van der Waals surface area (Å²) in [5.74, 6) is 0.0150. The van der Waals surface area contributed by atoms with Gasteiger partial charge < -0.3 is 5.32 Å². The monoisotopic (exact) mass is 333 g/mol. The Morgan fingerprint density at radius 2 is 2.04 bits per heavy atom. The van der Waals surface area contributed by atoms with Crippen LogP contribution in [0.2, 0.25) is 0 Å². The molecule has 0 aliphatic carbocycles. The number of thioether (sulfide) groups is 1. The zero-order valence-electron chi connectivity index (χ0n) is 13.8. The molecule has 0 aliphatic heterocycles. The van der Waals surface area contributed by atoms with E-state index in [1.165, 1.54) is 17.3 Å². The zero-order chi connectivity index (χ0) is 16.7. The van der Waals surface area contributed by atoms with Gasteiger partial charge in [0.05, 0.1) is 5.25 Å². The number of hydrogen-bond acceptors (Lipinski definition) is 5. The van der Waals surface area contributed by atoms with Crippen LogP contribution in [0.3, 0.4) is 0 Å². The van der Waals surface area contributed by atoms with Gasteiger partial charge in [-0.25, -0.2) is 4.68 Å². The third kappa shape index (κ3) is 5.35. The van der Waals surface area contributed by atoms with E-state index >= 15 is 0 Å². The van der Waals surface area contributed by atoms with Crippen LogP contribution < -0.4 is 5.32 Å². The number of carbonyl (C=O) groups is 1. The second kappa shape index (κ2) is 8.67. The van der Waals surface area contributed by atoms with E-state index in [2.05, 4.69) is 33.0 Å². The summed E-state index contributed by atoms with van der Waals surface area (Å²) in [6.45, 7) is 6.57. The van der Waals surface area contributed by atoms with E-state index in [9.17, 15) is 4.79 Å². The molecule has 0 fully saturated rings. The van der Waals surface area contributed by atoms with Crippen LogP contribution in [-0.4, -0.2) is 37.4 Å². The van der Waals surface area contributed by atoms with Crippen LogP contribution in [-0.2, 0) is 17.8 Å². The van der Waals surface area contributed by atoms with Crippen molar-refractivity contribution in [1.82, 2.24) is 25.5 Å². The van der Waals surface area contributed by atoms with Crippen molar-refractivity contribution in [2.45, 2.75) is 56.6 Å². The molecular weight excluding hydrogens is 310 g/mol. The number of aromatic nitrogens is 4.